The van der Waals surface area contributed by atoms with E-state index in [0.717, 1.165) is 30.0 Å². The summed E-state index contributed by atoms with van der Waals surface area (Å²) in [5, 5.41) is 2.92. The van der Waals surface area contributed by atoms with E-state index in [0.29, 0.717) is 6.54 Å². The van der Waals surface area contributed by atoms with Crippen LogP contribution in [0.15, 0.2) is 48.7 Å². The molecule has 1 aromatic carbocycles. The summed E-state index contributed by atoms with van der Waals surface area (Å²) in [4.78, 5) is 19.0. The van der Waals surface area contributed by atoms with E-state index in [-0.39, 0.29) is 5.91 Å². The summed E-state index contributed by atoms with van der Waals surface area (Å²) in [6, 6.07) is 12.8. The number of nitrogens with zero attached hydrogens (tertiary/aromatic N) is 2. The van der Waals surface area contributed by atoms with Gasteiger partial charge in [0.15, 0.2) is 0 Å². The second kappa shape index (κ2) is 7.93. The number of benzene rings is 1. The van der Waals surface area contributed by atoms with E-state index in [1.165, 1.54) is 19.3 Å². The molecule has 2 heterocycles. The van der Waals surface area contributed by atoms with Gasteiger partial charge in [-0.15, -0.1) is 0 Å². The third-order valence-corrected chi connectivity index (χ3v) is 4.40. The van der Waals surface area contributed by atoms with Gasteiger partial charge in [0.05, 0.1) is 0 Å². The molecule has 1 saturated heterocycles. The number of nitrogens with one attached hydrogen (secondary N) is 1. The van der Waals surface area contributed by atoms with Gasteiger partial charge in [-0.2, -0.15) is 0 Å². The molecule has 5 nitrogen and oxygen atoms in total. The van der Waals surface area contributed by atoms with Crippen molar-refractivity contribution < 1.29 is 4.79 Å². The Morgan fingerprint density at radius 2 is 1.92 bits per heavy atom. The predicted octanol–water partition coefficient (Wildman–Crippen LogP) is 2.39. The minimum absolute atomic E-state index is 0.169. The molecule has 1 aliphatic heterocycles. The van der Waals surface area contributed by atoms with Crippen molar-refractivity contribution in [1.82, 2.24) is 10.3 Å². The standard InChI is InChI=1S/C19H24N4O/c20-18(16-7-3-1-4-8-16)19(24)22-14-15-9-10-21-17(13-15)23-11-5-2-6-12-23/h1,3-4,7-10,13,18H,2,5-6,11-12,14,20H2,(H,22,24). The molecule has 1 atom stereocenters. The first kappa shape index (κ1) is 16.5. The minimum atomic E-state index is -0.644. The molecule has 1 fully saturated rings. The van der Waals surface area contributed by atoms with Crippen molar-refractivity contribution in [1.29, 1.82) is 0 Å². The van der Waals surface area contributed by atoms with Gasteiger partial charge in [-0.25, -0.2) is 4.98 Å². The highest BCUT2D eigenvalue weighted by Gasteiger charge is 2.16. The number of rotatable bonds is 5. The van der Waals surface area contributed by atoms with Crippen molar-refractivity contribution in [3.63, 3.8) is 0 Å². The van der Waals surface area contributed by atoms with Crippen LogP contribution in [0.2, 0.25) is 0 Å². The number of carbonyl (C=O) groups excluding carboxylic acids is 1. The average molecular weight is 324 g/mol. The zero-order valence-corrected chi connectivity index (χ0v) is 13.8. The molecule has 1 aromatic heterocycles. The van der Waals surface area contributed by atoms with Gasteiger partial charge >= 0.3 is 0 Å². The van der Waals surface area contributed by atoms with Crippen molar-refractivity contribution in [3.05, 3.63) is 59.8 Å². The van der Waals surface area contributed by atoms with Crippen molar-refractivity contribution in [2.45, 2.75) is 31.8 Å². The number of nitrogens with two attached hydrogens (primary N) is 1. The Hall–Kier alpha value is -2.40. The van der Waals surface area contributed by atoms with Gasteiger partial charge in [-0.1, -0.05) is 30.3 Å². The number of aromatic nitrogens is 1. The van der Waals surface area contributed by atoms with Crippen molar-refractivity contribution in [2.75, 3.05) is 18.0 Å². The van der Waals surface area contributed by atoms with Crippen LogP contribution in [-0.4, -0.2) is 24.0 Å². The fourth-order valence-electron chi connectivity index (χ4n) is 2.98. The molecule has 3 N–H and O–H groups in total. The first-order valence-electron chi connectivity index (χ1n) is 8.52. The van der Waals surface area contributed by atoms with E-state index in [4.69, 9.17) is 5.73 Å². The lowest BCUT2D eigenvalue weighted by atomic mass is 10.1. The topological polar surface area (TPSA) is 71.2 Å². The van der Waals surface area contributed by atoms with Gasteiger partial charge in [-0.05, 0) is 42.5 Å². The second-order valence-electron chi connectivity index (χ2n) is 6.18. The van der Waals surface area contributed by atoms with Gasteiger partial charge in [0.25, 0.3) is 0 Å². The molecule has 0 bridgehead atoms. The average Bonchev–Trinajstić information content (AvgIpc) is 2.67. The van der Waals surface area contributed by atoms with Gasteiger partial charge in [-0.3, -0.25) is 4.79 Å². The molecule has 126 valence electrons. The van der Waals surface area contributed by atoms with E-state index in [2.05, 4.69) is 21.3 Å². The molecule has 0 spiro atoms. The normalized spacial score (nSPS) is 15.8. The Bertz CT molecular complexity index is 668. The first-order valence-corrected chi connectivity index (χ1v) is 8.52. The quantitative estimate of drug-likeness (QED) is 0.886. The highest BCUT2D eigenvalue weighted by molar-refractivity contribution is 5.82. The van der Waals surface area contributed by atoms with Gasteiger partial charge in [0, 0.05) is 25.8 Å². The fourth-order valence-corrected chi connectivity index (χ4v) is 2.98. The lowest BCUT2D eigenvalue weighted by molar-refractivity contribution is -0.122. The van der Waals surface area contributed by atoms with Crippen LogP contribution in [0.1, 0.15) is 36.4 Å². The van der Waals surface area contributed by atoms with E-state index in [1.807, 2.05) is 42.6 Å². The molecule has 0 saturated carbocycles. The first-order chi connectivity index (χ1) is 11.7. The molecule has 1 aliphatic rings. The highest BCUT2D eigenvalue weighted by atomic mass is 16.2. The van der Waals surface area contributed by atoms with E-state index in [9.17, 15) is 4.79 Å². The second-order valence-corrected chi connectivity index (χ2v) is 6.18. The van der Waals surface area contributed by atoms with Crippen molar-refractivity contribution in [3.8, 4) is 0 Å². The summed E-state index contributed by atoms with van der Waals surface area (Å²) in [7, 11) is 0. The Balaban J connectivity index is 1.59. The van der Waals surface area contributed by atoms with Gasteiger partial charge in [0.2, 0.25) is 5.91 Å². The van der Waals surface area contributed by atoms with Crippen LogP contribution in [-0.2, 0) is 11.3 Å². The molecule has 2 aromatic rings. The zero-order valence-electron chi connectivity index (χ0n) is 13.8. The van der Waals surface area contributed by atoms with Crippen LogP contribution in [0.25, 0.3) is 0 Å². The monoisotopic (exact) mass is 324 g/mol. The van der Waals surface area contributed by atoms with Crippen LogP contribution in [0.5, 0.6) is 0 Å². The summed E-state index contributed by atoms with van der Waals surface area (Å²) < 4.78 is 0. The predicted molar refractivity (Wildman–Crippen MR) is 95.5 cm³/mol. The molecule has 1 amide bonds. The largest absolute Gasteiger partial charge is 0.357 e. The maximum absolute atomic E-state index is 12.2. The Morgan fingerprint density at radius 3 is 2.67 bits per heavy atom. The SMILES string of the molecule is NC(C(=O)NCc1ccnc(N2CCCCC2)c1)c1ccccc1. The maximum atomic E-state index is 12.2. The lowest BCUT2D eigenvalue weighted by Gasteiger charge is -2.28. The molecule has 24 heavy (non-hydrogen) atoms. The van der Waals surface area contributed by atoms with E-state index >= 15 is 0 Å². The molecule has 0 radical (unpaired) electrons. The van der Waals surface area contributed by atoms with Crippen LogP contribution < -0.4 is 16.0 Å². The Kier molecular flexibility index (Phi) is 5.43. The molecule has 0 aliphatic carbocycles. The van der Waals surface area contributed by atoms with E-state index < -0.39 is 6.04 Å². The van der Waals surface area contributed by atoms with Crippen LogP contribution >= 0.6 is 0 Å². The van der Waals surface area contributed by atoms with Crippen LogP contribution in [0.3, 0.4) is 0 Å². The third-order valence-electron chi connectivity index (χ3n) is 4.40. The fraction of sp³-hybridized carbons (Fsp3) is 0.368. The molecule has 1 unspecified atom stereocenters. The molecule has 3 rings (SSSR count). The maximum Gasteiger partial charge on any atom is 0.241 e. The number of carbonyl (C=O) groups is 1. The highest BCUT2D eigenvalue weighted by Crippen LogP contribution is 2.18. The smallest absolute Gasteiger partial charge is 0.241 e. The Labute approximate surface area is 142 Å². The number of amides is 1. The summed E-state index contributed by atoms with van der Waals surface area (Å²) in [5.74, 6) is 0.825. The number of pyridine rings is 1. The zero-order chi connectivity index (χ0) is 16.8. The molecular formula is C19H24N4O. The number of hydrogen-bond acceptors (Lipinski definition) is 4. The summed E-state index contributed by atoms with van der Waals surface area (Å²) in [6.07, 6.45) is 5.54. The number of piperidine rings is 1. The summed E-state index contributed by atoms with van der Waals surface area (Å²) in [6.45, 7) is 2.58. The summed E-state index contributed by atoms with van der Waals surface area (Å²) >= 11 is 0. The van der Waals surface area contributed by atoms with Crippen molar-refractivity contribution >= 4 is 11.7 Å². The van der Waals surface area contributed by atoms with Crippen LogP contribution in [0.4, 0.5) is 5.82 Å². The van der Waals surface area contributed by atoms with E-state index in [1.54, 1.807) is 0 Å². The van der Waals surface area contributed by atoms with Gasteiger partial charge < -0.3 is 16.0 Å². The lowest BCUT2D eigenvalue weighted by Crippen LogP contribution is -2.34. The van der Waals surface area contributed by atoms with Gasteiger partial charge in [0.1, 0.15) is 11.9 Å². The third kappa shape index (κ3) is 4.11. The Morgan fingerprint density at radius 1 is 1.17 bits per heavy atom. The molecule has 5 heteroatoms. The minimum Gasteiger partial charge on any atom is -0.357 e. The number of hydrogen-bond donors (Lipinski definition) is 2. The van der Waals surface area contributed by atoms with Crippen LogP contribution in [0, 0.1) is 0 Å². The summed E-state index contributed by atoms with van der Waals surface area (Å²) in [5.41, 5.74) is 7.88. The molecular weight excluding hydrogens is 300 g/mol. The van der Waals surface area contributed by atoms with Crippen molar-refractivity contribution in [2.24, 2.45) is 5.73 Å². The number of anilines is 1.